The second-order valence-electron chi connectivity index (χ2n) is 6.58. The van der Waals surface area contributed by atoms with Gasteiger partial charge in [-0.3, -0.25) is 24.2 Å². The molecule has 25 heavy (non-hydrogen) atoms. The van der Waals surface area contributed by atoms with E-state index in [0.29, 0.717) is 12.4 Å². The van der Waals surface area contributed by atoms with E-state index >= 15 is 0 Å². The average molecular weight is 361 g/mol. The number of hydrogen-bond donors (Lipinski definition) is 1. The summed E-state index contributed by atoms with van der Waals surface area (Å²) in [6.45, 7) is 4.16. The molecule has 0 bridgehead atoms. The van der Waals surface area contributed by atoms with E-state index in [0.717, 1.165) is 43.3 Å². The van der Waals surface area contributed by atoms with Crippen LogP contribution < -0.4 is 5.32 Å². The number of nitrogens with one attached hydrogen (secondary N) is 1. The molecule has 134 valence electrons. The zero-order chi connectivity index (χ0) is 17.8. The predicted molar refractivity (Wildman–Crippen MR) is 98.3 cm³/mol. The molecule has 2 aliphatic rings. The van der Waals surface area contributed by atoms with Gasteiger partial charge in [-0.2, -0.15) is 0 Å². The Morgan fingerprint density at radius 1 is 1.16 bits per heavy atom. The number of piperidine rings is 1. The number of carbonyl (C=O) groups is 3. The van der Waals surface area contributed by atoms with Crippen molar-refractivity contribution in [2.45, 2.75) is 37.9 Å². The summed E-state index contributed by atoms with van der Waals surface area (Å²) in [5.41, 5.74) is 1.81. The molecule has 1 aromatic carbocycles. The average Bonchev–Trinajstić information content (AvgIpc) is 2.85. The van der Waals surface area contributed by atoms with E-state index in [2.05, 4.69) is 10.2 Å². The Bertz CT molecular complexity index is 656. The number of rotatable bonds is 5. The van der Waals surface area contributed by atoms with Crippen molar-refractivity contribution < 1.29 is 14.4 Å². The van der Waals surface area contributed by atoms with Crippen molar-refractivity contribution in [3.63, 3.8) is 0 Å². The van der Waals surface area contributed by atoms with E-state index < -0.39 is 5.25 Å². The third kappa shape index (κ3) is 4.61. The van der Waals surface area contributed by atoms with Gasteiger partial charge in [0.2, 0.25) is 11.8 Å². The molecule has 3 amide bonds. The van der Waals surface area contributed by atoms with E-state index in [1.165, 1.54) is 11.3 Å². The Morgan fingerprint density at radius 2 is 1.84 bits per heavy atom. The van der Waals surface area contributed by atoms with Gasteiger partial charge in [0.05, 0.1) is 6.67 Å². The van der Waals surface area contributed by atoms with Crippen molar-refractivity contribution in [2.75, 3.05) is 25.1 Å². The molecular weight excluding hydrogens is 338 g/mol. The van der Waals surface area contributed by atoms with Crippen LogP contribution in [0.4, 0.5) is 10.5 Å². The number of benzene rings is 1. The summed E-state index contributed by atoms with van der Waals surface area (Å²) in [5, 5.41) is 1.91. The molecule has 0 aromatic heterocycles. The maximum Gasteiger partial charge on any atom is 0.290 e. The number of imide groups is 1. The Hall–Kier alpha value is -1.86. The van der Waals surface area contributed by atoms with Gasteiger partial charge in [-0.15, -0.1) is 0 Å². The maximum atomic E-state index is 12.5. The van der Waals surface area contributed by atoms with Crippen LogP contribution in [0, 0.1) is 6.92 Å². The van der Waals surface area contributed by atoms with E-state index in [9.17, 15) is 14.4 Å². The van der Waals surface area contributed by atoms with Gasteiger partial charge in [0.15, 0.2) is 0 Å². The molecule has 2 saturated heterocycles. The number of hydrogen-bond acceptors (Lipinski definition) is 5. The highest BCUT2D eigenvalue weighted by Crippen LogP contribution is 2.30. The Labute approximate surface area is 151 Å². The lowest BCUT2D eigenvalue weighted by atomic mass is 10.1. The fraction of sp³-hybridized carbons (Fsp3) is 0.500. The van der Waals surface area contributed by atoms with Crippen LogP contribution in [0.5, 0.6) is 0 Å². The highest BCUT2D eigenvalue weighted by molar-refractivity contribution is 8.15. The molecule has 0 spiro atoms. The van der Waals surface area contributed by atoms with Crippen molar-refractivity contribution in [3.8, 4) is 0 Å². The molecule has 2 fully saturated rings. The number of likely N-dealkylation sites (tertiary alicyclic amines) is 1. The van der Waals surface area contributed by atoms with Crippen LogP contribution >= 0.6 is 11.8 Å². The molecule has 0 aliphatic carbocycles. The van der Waals surface area contributed by atoms with E-state index in [-0.39, 0.29) is 23.5 Å². The van der Waals surface area contributed by atoms with Crippen LogP contribution in [0.1, 0.15) is 31.2 Å². The van der Waals surface area contributed by atoms with Crippen LogP contribution in [0.25, 0.3) is 0 Å². The van der Waals surface area contributed by atoms with Crippen LogP contribution in [-0.4, -0.2) is 51.9 Å². The number of anilines is 1. The summed E-state index contributed by atoms with van der Waals surface area (Å²) >= 11 is 0.962. The van der Waals surface area contributed by atoms with Crippen LogP contribution in [0.2, 0.25) is 0 Å². The Balaban J connectivity index is 1.54. The van der Waals surface area contributed by atoms with Crippen molar-refractivity contribution in [1.29, 1.82) is 0 Å². The van der Waals surface area contributed by atoms with E-state index in [4.69, 9.17) is 0 Å². The topological polar surface area (TPSA) is 69.7 Å². The second kappa shape index (κ2) is 8.01. The molecule has 6 nitrogen and oxygen atoms in total. The van der Waals surface area contributed by atoms with Gasteiger partial charge in [0.1, 0.15) is 5.25 Å². The highest BCUT2D eigenvalue weighted by Gasteiger charge is 2.41. The molecule has 1 N–H and O–H groups in total. The summed E-state index contributed by atoms with van der Waals surface area (Å²) in [5.74, 6) is -0.498. The molecule has 0 unspecified atom stereocenters. The van der Waals surface area contributed by atoms with E-state index in [1.54, 1.807) is 0 Å². The molecule has 2 heterocycles. The Kier molecular flexibility index (Phi) is 5.75. The van der Waals surface area contributed by atoms with Crippen molar-refractivity contribution in [1.82, 2.24) is 9.80 Å². The lowest BCUT2D eigenvalue weighted by molar-refractivity contribution is -0.130. The second-order valence-corrected chi connectivity index (χ2v) is 7.73. The largest absolute Gasteiger partial charge is 0.326 e. The lowest BCUT2D eigenvalue weighted by Gasteiger charge is -2.29. The summed E-state index contributed by atoms with van der Waals surface area (Å²) < 4.78 is 0. The number of thioether (sulfide) groups is 1. The van der Waals surface area contributed by atoms with Gasteiger partial charge < -0.3 is 5.32 Å². The molecule has 1 aromatic rings. The maximum absolute atomic E-state index is 12.5. The van der Waals surface area contributed by atoms with Crippen LogP contribution in [0.15, 0.2) is 24.3 Å². The van der Waals surface area contributed by atoms with Crippen molar-refractivity contribution in [2.24, 2.45) is 0 Å². The SMILES string of the molecule is Cc1ccc(NC(=O)C[C@H]2SC(=O)N(CN3CCCCC3)C2=O)cc1. The minimum Gasteiger partial charge on any atom is -0.326 e. The van der Waals surface area contributed by atoms with Crippen LogP contribution in [-0.2, 0) is 9.59 Å². The quantitative estimate of drug-likeness (QED) is 0.873. The first-order valence-corrected chi connectivity index (χ1v) is 9.52. The number of carbonyl (C=O) groups excluding carboxylic acids is 3. The summed E-state index contributed by atoms with van der Waals surface area (Å²) in [6.07, 6.45) is 3.42. The first-order chi connectivity index (χ1) is 12.0. The molecule has 0 saturated carbocycles. The van der Waals surface area contributed by atoms with Gasteiger partial charge in [0.25, 0.3) is 5.24 Å². The number of amides is 3. The Morgan fingerprint density at radius 3 is 2.52 bits per heavy atom. The minimum atomic E-state index is -0.622. The van der Waals surface area contributed by atoms with E-state index in [1.807, 2.05) is 31.2 Å². The fourth-order valence-electron chi connectivity index (χ4n) is 3.07. The minimum absolute atomic E-state index is 0.0135. The third-order valence-electron chi connectivity index (χ3n) is 4.50. The number of nitrogens with zero attached hydrogens (tertiary/aromatic N) is 2. The van der Waals surface area contributed by atoms with Crippen LogP contribution in [0.3, 0.4) is 0 Å². The monoisotopic (exact) mass is 361 g/mol. The summed E-state index contributed by atoms with van der Waals surface area (Å²) in [4.78, 5) is 40.3. The molecule has 3 rings (SSSR count). The van der Waals surface area contributed by atoms with Gasteiger partial charge in [0, 0.05) is 12.1 Å². The molecule has 2 aliphatic heterocycles. The first kappa shape index (κ1) is 17.9. The van der Waals surface area contributed by atoms with Gasteiger partial charge in [-0.25, -0.2) is 0 Å². The first-order valence-electron chi connectivity index (χ1n) is 8.64. The van der Waals surface area contributed by atoms with Gasteiger partial charge >= 0.3 is 0 Å². The van der Waals surface area contributed by atoms with Gasteiger partial charge in [-0.1, -0.05) is 35.9 Å². The van der Waals surface area contributed by atoms with Crippen molar-refractivity contribution in [3.05, 3.63) is 29.8 Å². The normalized spacial score (nSPS) is 21.6. The predicted octanol–water partition coefficient (Wildman–Crippen LogP) is 2.83. The fourth-order valence-corrected chi connectivity index (χ4v) is 4.06. The molecular formula is C18H23N3O3S. The highest BCUT2D eigenvalue weighted by atomic mass is 32.2. The van der Waals surface area contributed by atoms with Crippen molar-refractivity contribution >= 4 is 34.5 Å². The molecule has 1 atom stereocenters. The standard InChI is InChI=1S/C18H23N3O3S/c1-13-5-7-14(8-6-13)19-16(22)11-15-17(23)21(18(24)25-15)12-20-9-3-2-4-10-20/h5-8,15H,2-4,9-12H2,1H3,(H,19,22)/t15-/m1/s1. The molecule has 7 heteroatoms. The zero-order valence-electron chi connectivity index (χ0n) is 14.4. The smallest absolute Gasteiger partial charge is 0.290 e. The third-order valence-corrected chi connectivity index (χ3v) is 5.58. The van der Waals surface area contributed by atoms with Gasteiger partial charge in [-0.05, 0) is 45.0 Å². The lowest BCUT2D eigenvalue weighted by Crippen LogP contribution is -2.44. The summed E-state index contributed by atoms with van der Waals surface area (Å²) in [6, 6.07) is 7.47. The number of aryl methyl sites for hydroxylation is 1. The summed E-state index contributed by atoms with van der Waals surface area (Å²) in [7, 11) is 0. The molecule has 0 radical (unpaired) electrons. The zero-order valence-corrected chi connectivity index (χ0v) is 15.2.